The summed E-state index contributed by atoms with van der Waals surface area (Å²) in [4.78, 5) is 34.5. The first-order chi connectivity index (χ1) is 12.2. The lowest BCUT2D eigenvalue weighted by Crippen LogP contribution is -2.50. The zero-order chi connectivity index (χ0) is 19.7. The minimum atomic E-state index is -3.25. The van der Waals surface area contributed by atoms with Gasteiger partial charge in [0.1, 0.15) is 6.04 Å². The number of hydrogen-bond donors (Lipinski definition) is 3. The first kappa shape index (κ1) is 21.8. The molecule has 1 unspecified atom stereocenters. The fourth-order valence-corrected chi connectivity index (χ4v) is 2.39. The van der Waals surface area contributed by atoms with Gasteiger partial charge in [0.05, 0.1) is 18.0 Å². The maximum absolute atomic E-state index is 13.2. The van der Waals surface area contributed by atoms with E-state index in [4.69, 9.17) is 5.73 Å². The van der Waals surface area contributed by atoms with E-state index >= 15 is 0 Å². The van der Waals surface area contributed by atoms with E-state index in [9.17, 15) is 28.5 Å². The van der Waals surface area contributed by atoms with Gasteiger partial charge in [-0.1, -0.05) is 6.07 Å². The Kier molecular flexibility index (Phi) is 8.39. The zero-order valence-corrected chi connectivity index (χ0v) is 14.9. The minimum Gasteiger partial charge on any atom is -0.348 e. The lowest BCUT2D eigenvalue weighted by molar-refractivity contribution is -0.384. The van der Waals surface area contributed by atoms with E-state index in [0.717, 1.165) is 6.07 Å². The van der Waals surface area contributed by atoms with Crippen LogP contribution < -0.4 is 16.4 Å². The van der Waals surface area contributed by atoms with Crippen molar-refractivity contribution in [2.24, 2.45) is 5.73 Å². The highest BCUT2D eigenvalue weighted by atomic mass is 32.2. The number of amides is 2. The Morgan fingerprint density at radius 1 is 1.42 bits per heavy atom. The Morgan fingerprint density at radius 3 is 2.69 bits per heavy atom. The monoisotopic (exact) mass is 390 g/mol. The third-order valence-corrected chi connectivity index (χ3v) is 4.02. The van der Waals surface area contributed by atoms with Crippen molar-refractivity contribution in [3.8, 4) is 0 Å². The van der Waals surface area contributed by atoms with Crippen LogP contribution in [0.1, 0.15) is 16.8 Å². The summed E-state index contributed by atoms with van der Waals surface area (Å²) in [7, 11) is 0. The summed E-state index contributed by atoms with van der Waals surface area (Å²) in [5.74, 6) is -4.23. The molecule has 0 radical (unpaired) electrons. The second-order valence-corrected chi connectivity index (χ2v) is 6.38. The summed E-state index contributed by atoms with van der Waals surface area (Å²) in [6, 6.07) is 3.94. The third-order valence-electron chi connectivity index (χ3n) is 3.37. The van der Waals surface area contributed by atoms with Crippen molar-refractivity contribution in [2.75, 3.05) is 25.1 Å². The first-order valence-corrected chi connectivity index (χ1v) is 8.99. The molecule has 0 aliphatic carbocycles. The number of hydrogen-bond acceptors (Lipinski definition) is 6. The quantitative estimate of drug-likeness (QED) is 0.406. The van der Waals surface area contributed by atoms with Crippen molar-refractivity contribution in [3.63, 3.8) is 0 Å². The molecule has 11 heteroatoms. The van der Waals surface area contributed by atoms with Crippen molar-refractivity contribution >= 4 is 29.3 Å². The fourth-order valence-electron chi connectivity index (χ4n) is 1.92. The number of benzene rings is 1. The molecule has 0 heterocycles. The van der Waals surface area contributed by atoms with Gasteiger partial charge in [0, 0.05) is 17.7 Å². The van der Waals surface area contributed by atoms with Gasteiger partial charge in [-0.2, -0.15) is 11.8 Å². The number of carbonyl (C=O) groups excluding carboxylic acids is 2. The molecule has 1 aromatic carbocycles. The predicted molar refractivity (Wildman–Crippen MR) is 94.4 cm³/mol. The van der Waals surface area contributed by atoms with Gasteiger partial charge < -0.3 is 16.4 Å². The van der Waals surface area contributed by atoms with E-state index in [1.807, 2.05) is 0 Å². The highest BCUT2D eigenvalue weighted by Gasteiger charge is 2.29. The molecular weight excluding hydrogens is 370 g/mol. The molecular formula is C15H20F2N4O4S. The number of carbonyl (C=O) groups is 2. The number of nitro groups is 1. The van der Waals surface area contributed by atoms with Gasteiger partial charge in [0.2, 0.25) is 5.91 Å². The molecule has 0 bridgehead atoms. The topological polar surface area (TPSA) is 127 Å². The number of nitro benzene ring substituents is 1. The smallest absolute Gasteiger partial charge is 0.277 e. The summed E-state index contributed by atoms with van der Waals surface area (Å²) in [6.07, 6.45) is 2.00. The van der Waals surface area contributed by atoms with Crippen LogP contribution in [-0.2, 0) is 4.79 Å². The average molecular weight is 390 g/mol. The van der Waals surface area contributed by atoms with E-state index in [-0.39, 0.29) is 17.7 Å². The number of nitrogens with zero attached hydrogens (tertiary/aromatic N) is 1. The van der Waals surface area contributed by atoms with Crippen LogP contribution in [-0.4, -0.2) is 53.8 Å². The van der Waals surface area contributed by atoms with E-state index in [2.05, 4.69) is 10.6 Å². The standard InChI is InChI=1S/C15H20F2N4O4S/c1-26-6-5-12(14(23)19-9-15(16,17)8-18)20-13(22)10-3-2-4-11(7-10)21(24)25/h2-4,7,12H,5-6,8-9,18H2,1H3,(H,19,23)(H,20,22). The van der Waals surface area contributed by atoms with E-state index in [0.29, 0.717) is 5.75 Å². The molecule has 1 aromatic rings. The summed E-state index contributed by atoms with van der Waals surface area (Å²) in [5, 5.41) is 15.3. The van der Waals surface area contributed by atoms with Crippen LogP contribution in [0.25, 0.3) is 0 Å². The van der Waals surface area contributed by atoms with Gasteiger partial charge in [-0.3, -0.25) is 19.7 Å². The molecule has 0 spiro atoms. The van der Waals surface area contributed by atoms with Crippen molar-refractivity contribution in [2.45, 2.75) is 18.4 Å². The van der Waals surface area contributed by atoms with E-state index in [1.165, 1.54) is 30.0 Å². The maximum Gasteiger partial charge on any atom is 0.277 e. The number of thioether (sulfide) groups is 1. The molecule has 0 aromatic heterocycles. The molecule has 0 saturated carbocycles. The summed E-state index contributed by atoms with van der Waals surface area (Å²) in [5.41, 5.74) is 4.64. The average Bonchev–Trinajstić information content (AvgIpc) is 2.63. The Balaban J connectivity index is 2.82. The largest absolute Gasteiger partial charge is 0.348 e. The minimum absolute atomic E-state index is 0.00607. The van der Waals surface area contributed by atoms with Crippen molar-refractivity contribution in [1.29, 1.82) is 0 Å². The Hall–Kier alpha value is -2.27. The Bertz CT molecular complexity index is 660. The number of halogens is 2. The van der Waals surface area contributed by atoms with Crippen molar-refractivity contribution in [1.82, 2.24) is 10.6 Å². The molecule has 1 rings (SSSR count). The van der Waals surface area contributed by atoms with Gasteiger partial charge in [-0.15, -0.1) is 0 Å². The molecule has 8 nitrogen and oxygen atoms in total. The van der Waals surface area contributed by atoms with Gasteiger partial charge in [0.15, 0.2) is 0 Å². The molecule has 2 amide bonds. The van der Waals surface area contributed by atoms with Crippen LogP contribution in [0.5, 0.6) is 0 Å². The normalized spacial score (nSPS) is 12.3. The van der Waals surface area contributed by atoms with Crippen LogP contribution in [0.2, 0.25) is 0 Å². The molecule has 0 fully saturated rings. The number of nitrogens with two attached hydrogens (primary N) is 1. The van der Waals surface area contributed by atoms with E-state index < -0.39 is 41.8 Å². The number of non-ortho nitro benzene ring substituents is 1. The molecule has 144 valence electrons. The highest BCUT2D eigenvalue weighted by Crippen LogP contribution is 2.14. The summed E-state index contributed by atoms with van der Waals surface area (Å²) >= 11 is 1.42. The SMILES string of the molecule is CSCCC(NC(=O)c1cccc([N+](=O)[O-])c1)C(=O)NCC(F)(F)CN. The van der Waals surface area contributed by atoms with Crippen LogP contribution >= 0.6 is 11.8 Å². The molecule has 26 heavy (non-hydrogen) atoms. The van der Waals surface area contributed by atoms with Gasteiger partial charge in [-0.05, 0) is 24.5 Å². The third kappa shape index (κ3) is 6.92. The lowest BCUT2D eigenvalue weighted by Gasteiger charge is -2.20. The van der Waals surface area contributed by atoms with Gasteiger partial charge in [-0.25, -0.2) is 8.78 Å². The second kappa shape index (κ2) is 10.0. The molecule has 0 aliphatic rings. The van der Waals surface area contributed by atoms with Gasteiger partial charge in [0.25, 0.3) is 17.5 Å². The lowest BCUT2D eigenvalue weighted by atomic mass is 10.1. The van der Waals surface area contributed by atoms with Crippen molar-refractivity contribution < 1.29 is 23.3 Å². The molecule has 4 N–H and O–H groups in total. The Labute approximate surface area is 153 Å². The van der Waals surface area contributed by atoms with Crippen molar-refractivity contribution in [3.05, 3.63) is 39.9 Å². The second-order valence-electron chi connectivity index (χ2n) is 5.39. The maximum atomic E-state index is 13.2. The highest BCUT2D eigenvalue weighted by molar-refractivity contribution is 7.98. The molecule has 1 atom stereocenters. The molecule has 0 saturated heterocycles. The summed E-state index contributed by atoms with van der Waals surface area (Å²) < 4.78 is 26.4. The van der Waals surface area contributed by atoms with Gasteiger partial charge >= 0.3 is 0 Å². The van der Waals surface area contributed by atoms with E-state index in [1.54, 1.807) is 6.26 Å². The van der Waals surface area contributed by atoms with Crippen LogP contribution in [0.4, 0.5) is 14.5 Å². The number of nitrogens with one attached hydrogen (secondary N) is 2. The molecule has 0 aliphatic heterocycles. The predicted octanol–water partition coefficient (Wildman–Crippen LogP) is 1.16. The van der Waals surface area contributed by atoms with Crippen LogP contribution in [0.15, 0.2) is 24.3 Å². The fraction of sp³-hybridized carbons (Fsp3) is 0.467. The Morgan fingerprint density at radius 2 is 2.12 bits per heavy atom. The van der Waals surface area contributed by atoms with Crippen LogP contribution in [0.3, 0.4) is 0 Å². The zero-order valence-electron chi connectivity index (χ0n) is 14.0. The van der Waals surface area contributed by atoms with Crippen LogP contribution in [0, 0.1) is 10.1 Å². The first-order valence-electron chi connectivity index (χ1n) is 7.60. The summed E-state index contributed by atoms with van der Waals surface area (Å²) in [6.45, 7) is -1.85. The number of rotatable bonds is 10. The number of alkyl halides is 2.